The minimum Gasteiger partial charge on any atom is -0.390 e. The summed E-state index contributed by atoms with van der Waals surface area (Å²) in [5.41, 5.74) is 0.956. The Morgan fingerprint density at radius 1 is 1.58 bits per heavy atom. The maximum atomic E-state index is 9.73. The van der Waals surface area contributed by atoms with Gasteiger partial charge < -0.3 is 9.84 Å². The third kappa shape index (κ3) is 1.02. The van der Waals surface area contributed by atoms with E-state index in [4.69, 9.17) is 4.74 Å². The Hall–Kier alpha value is -0.340. The van der Waals surface area contributed by atoms with E-state index in [1.165, 1.54) is 5.57 Å². The zero-order valence-electron chi connectivity index (χ0n) is 7.71. The third-order valence-corrected chi connectivity index (χ3v) is 3.34. The standard InChI is InChI=1S/C10H16O2/c1-6(2)7-4-8(11)10(3)9(5-7)12-10/h7-9,11H,1,4-5H2,2-3H3/t7-,8?,9?,10?/m0/s1. The Morgan fingerprint density at radius 2 is 2.25 bits per heavy atom. The highest BCUT2D eigenvalue weighted by Crippen LogP contribution is 2.50. The lowest BCUT2D eigenvalue weighted by Gasteiger charge is -2.27. The number of aliphatic hydroxyl groups is 1. The molecule has 0 amide bonds. The first-order chi connectivity index (χ1) is 5.54. The first kappa shape index (κ1) is 8.27. The highest BCUT2D eigenvalue weighted by Gasteiger charge is 2.60. The maximum Gasteiger partial charge on any atom is 0.118 e. The number of rotatable bonds is 1. The summed E-state index contributed by atoms with van der Waals surface area (Å²) in [6, 6.07) is 0. The molecule has 0 bridgehead atoms. The molecule has 2 fully saturated rings. The summed E-state index contributed by atoms with van der Waals surface area (Å²) in [7, 11) is 0. The van der Waals surface area contributed by atoms with E-state index in [0.29, 0.717) is 5.92 Å². The largest absolute Gasteiger partial charge is 0.390 e. The van der Waals surface area contributed by atoms with Gasteiger partial charge in [0.15, 0.2) is 0 Å². The molecular formula is C10H16O2. The van der Waals surface area contributed by atoms with Gasteiger partial charge in [0.25, 0.3) is 0 Å². The van der Waals surface area contributed by atoms with Crippen LogP contribution < -0.4 is 0 Å². The molecule has 0 aromatic carbocycles. The van der Waals surface area contributed by atoms with Crippen molar-refractivity contribution >= 4 is 0 Å². The highest BCUT2D eigenvalue weighted by molar-refractivity contribution is 5.14. The van der Waals surface area contributed by atoms with Crippen LogP contribution in [-0.2, 0) is 4.74 Å². The van der Waals surface area contributed by atoms with Crippen LogP contribution in [0.5, 0.6) is 0 Å². The van der Waals surface area contributed by atoms with Gasteiger partial charge in [-0.2, -0.15) is 0 Å². The first-order valence-corrected chi connectivity index (χ1v) is 4.55. The lowest BCUT2D eigenvalue weighted by Crippen LogP contribution is -2.36. The van der Waals surface area contributed by atoms with Gasteiger partial charge in [0.2, 0.25) is 0 Å². The van der Waals surface area contributed by atoms with Gasteiger partial charge in [-0.05, 0) is 32.6 Å². The molecule has 1 N–H and O–H groups in total. The maximum absolute atomic E-state index is 9.73. The Bertz CT molecular complexity index is 224. The summed E-state index contributed by atoms with van der Waals surface area (Å²) in [5.74, 6) is 0.459. The molecule has 2 aliphatic rings. The number of ether oxygens (including phenoxy) is 1. The molecule has 1 aliphatic heterocycles. The van der Waals surface area contributed by atoms with E-state index in [-0.39, 0.29) is 17.8 Å². The second kappa shape index (κ2) is 2.33. The van der Waals surface area contributed by atoms with E-state index in [1.807, 2.05) is 13.8 Å². The second-order valence-electron chi connectivity index (χ2n) is 4.32. The number of allylic oxidation sites excluding steroid dienone is 1. The molecule has 0 radical (unpaired) electrons. The summed E-state index contributed by atoms with van der Waals surface area (Å²) < 4.78 is 5.47. The van der Waals surface area contributed by atoms with Gasteiger partial charge in [-0.3, -0.25) is 0 Å². The van der Waals surface area contributed by atoms with Crippen LogP contribution in [0.15, 0.2) is 12.2 Å². The molecule has 2 rings (SSSR count). The van der Waals surface area contributed by atoms with Crippen LogP contribution in [0.2, 0.25) is 0 Å². The normalized spacial score (nSPS) is 51.4. The molecule has 2 nitrogen and oxygen atoms in total. The van der Waals surface area contributed by atoms with E-state index in [9.17, 15) is 5.11 Å². The van der Waals surface area contributed by atoms with Gasteiger partial charge >= 0.3 is 0 Å². The molecule has 1 aliphatic carbocycles. The van der Waals surface area contributed by atoms with Crippen molar-refractivity contribution < 1.29 is 9.84 Å². The average molecular weight is 168 g/mol. The summed E-state index contributed by atoms with van der Waals surface area (Å²) in [5, 5.41) is 9.73. The van der Waals surface area contributed by atoms with Crippen LogP contribution in [0.3, 0.4) is 0 Å². The van der Waals surface area contributed by atoms with Crippen molar-refractivity contribution in [1.29, 1.82) is 0 Å². The number of fused-ring (bicyclic) bond motifs is 1. The smallest absolute Gasteiger partial charge is 0.118 e. The fourth-order valence-corrected chi connectivity index (χ4v) is 2.11. The molecule has 68 valence electrons. The molecule has 0 aromatic rings. The van der Waals surface area contributed by atoms with E-state index < -0.39 is 0 Å². The molecular weight excluding hydrogens is 152 g/mol. The zero-order chi connectivity index (χ0) is 8.93. The van der Waals surface area contributed by atoms with Crippen LogP contribution in [0, 0.1) is 5.92 Å². The number of epoxide rings is 1. The Labute approximate surface area is 73.2 Å². The summed E-state index contributed by atoms with van der Waals surface area (Å²) in [4.78, 5) is 0. The van der Waals surface area contributed by atoms with E-state index in [1.54, 1.807) is 0 Å². The number of aliphatic hydroxyl groups excluding tert-OH is 1. The quantitative estimate of drug-likeness (QED) is 0.475. The highest BCUT2D eigenvalue weighted by atomic mass is 16.6. The molecule has 1 saturated carbocycles. The van der Waals surface area contributed by atoms with Crippen molar-refractivity contribution in [2.24, 2.45) is 5.92 Å². The monoisotopic (exact) mass is 168 g/mol. The number of hydrogen-bond acceptors (Lipinski definition) is 2. The van der Waals surface area contributed by atoms with Crippen LogP contribution in [0.25, 0.3) is 0 Å². The Morgan fingerprint density at radius 3 is 2.75 bits per heavy atom. The zero-order valence-corrected chi connectivity index (χ0v) is 7.71. The minimum atomic E-state index is -0.294. The lowest BCUT2D eigenvalue weighted by molar-refractivity contribution is 0.0641. The van der Waals surface area contributed by atoms with Gasteiger partial charge in [0.05, 0.1) is 12.2 Å². The van der Waals surface area contributed by atoms with E-state index >= 15 is 0 Å². The molecule has 0 spiro atoms. The van der Waals surface area contributed by atoms with Gasteiger partial charge in [-0.1, -0.05) is 12.2 Å². The molecule has 4 atom stereocenters. The lowest BCUT2D eigenvalue weighted by atomic mass is 9.78. The second-order valence-corrected chi connectivity index (χ2v) is 4.32. The van der Waals surface area contributed by atoms with Crippen molar-refractivity contribution in [1.82, 2.24) is 0 Å². The average Bonchev–Trinajstić information content (AvgIpc) is 2.62. The van der Waals surface area contributed by atoms with Crippen molar-refractivity contribution in [3.8, 4) is 0 Å². The summed E-state index contributed by atoms with van der Waals surface area (Å²) in [6.45, 7) is 7.95. The van der Waals surface area contributed by atoms with Crippen molar-refractivity contribution in [3.63, 3.8) is 0 Å². The van der Waals surface area contributed by atoms with Crippen LogP contribution >= 0.6 is 0 Å². The Kier molecular flexibility index (Phi) is 1.61. The van der Waals surface area contributed by atoms with Crippen LogP contribution in [0.4, 0.5) is 0 Å². The summed E-state index contributed by atoms with van der Waals surface area (Å²) in [6.07, 6.45) is 1.85. The summed E-state index contributed by atoms with van der Waals surface area (Å²) >= 11 is 0. The van der Waals surface area contributed by atoms with Crippen molar-refractivity contribution in [3.05, 3.63) is 12.2 Å². The fourth-order valence-electron chi connectivity index (χ4n) is 2.11. The third-order valence-electron chi connectivity index (χ3n) is 3.34. The SMILES string of the molecule is C=C(C)[C@H]1CC(O)C2(C)OC2C1. The minimum absolute atomic E-state index is 0.216. The molecule has 1 saturated heterocycles. The first-order valence-electron chi connectivity index (χ1n) is 4.55. The number of hydrogen-bond donors (Lipinski definition) is 1. The van der Waals surface area contributed by atoms with Crippen LogP contribution in [0.1, 0.15) is 26.7 Å². The molecule has 1 heterocycles. The van der Waals surface area contributed by atoms with E-state index in [2.05, 4.69) is 6.58 Å². The fraction of sp³-hybridized carbons (Fsp3) is 0.800. The van der Waals surface area contributed by atoms with Crippen LogP contribution in [-0.4, -0.2) is 22.9 Å². The van der Waals surface area contributed by atoms with Gasteiger partial charge in [-0.25, -0.2) is 0 Å². The molecule has 3 unspecified atom stereocenters. The van der Waals surface area contributed by atoms with Crippen molar-refractivity contribution in [2.45, 2.75) is 44.5 Å². The molecule has 12 heavy (non-hydrogen) atoms. The van der Waals surface area contributed by atoms with Gasteiger partial charge in [0, 0.05) is 0 Å². The molecule has 0 aromatic heterocycles. The Balaban J connectivity index is 2.06. The predicted octanol–water partition coefficient (Wildman–Crippen LogP) is 1.49. The van der Waals surface area contributed by atoms with E-state index in [0.717, 1.165) is 12.8 Å². The van der Waals surface area contributed by atoms with Crippen molar-refractivity contribution in [2.75, 3.05) is 0 Å². The van der Waals surface area contributed by atoms with Gasteiger partial charge in [0.1, 0.15) is 5.60 Å². The van der Waals surface area contributed by atoms with Gasteiger partial charge in [-0.15, -0.1) is 0 Å². The topological polar surface area (TPSA) is 32.8 Å². The molecule has 2 heteroatoms. The predicted molar refractivity (Wildman–Crippen MR) is 46.8 cm³/mol.